The van der Waals surface area contributed by atoms with Crippen molar-refractivity contribution in [3.05, 3.63) is 18.0 Å². The molecule has 1 unspecified atom stereocenters. The summed E-state index contributed by atoms with van der Waals surface area (Å²) in [6, 6.07) is -0.333. The van der Waals surface area contributed by atoms with Crippen molar-refractivity contribution in [1.82, 2.24) is 20.0 Å². The van der Waals surface area contributed by atoms with Gasteiger partial charge in [0.15, 0.2) is 0 Å². The van der Waals surface area contributed by atoms with Crippen LogP contribution >= 0.6 is 11.8 Å². The zero-order valence-corrected chi connectivity index (χ0v) is 14.0. The Kier molecular flexibility index (Phi) is 4.06. The number of nitrogens with one attached hydrogen (secondary N) is 1. The third-order valence-electron chi connectivity index (χ3n) is 3.41. The van der Waals surface area contributed by atoms with Gasteiger partial charge in [0.25, 0.3) is 5.91 Å². The molecule has 1 aliphatic heterocycles. The quantitative estimate of drug-likeness (QED) is 0.860. The minimum atomic E-state index is -1.02. The third-order valence-corrected chi connectivity index (χ3v) is 4.66. The summed E-state index contributed by atoms with van der Waals surface area (Å²) in [4.78, 5) is 26.0. The van der Waals surface area contributed by atoms with Crippen LogP contribution in [0.15, 0.2) is 12.4 Å². The van der Waals surface area contributed by atoms with E-state index in [-0.39, 0.29) is 16.7 Å². The van der Waals surface area contributed by atoms with Crippen molar-refractivity contribution in [1.29, 1.82) is 0 Å². The maximum absolute atomic E-state index is 12.6. The second-order valence-electron chi connectivity index (χ2n) is 6.38. The molecule has 2 heterocycles. The summed E-state index contributed by atoms with van der Waals surface area (Å²) >= 11 is 1.73. The number of amides is 3. The molecule has 1 aromatic rings. The smallest absolute Gasteiger partial charge is 0.319 e. The number of nitrogens with zero attached hydrogens (tertiary/aromatic N) is 3. The van der Waals surface area contributed by atoms with E-state index in [1.807, 2.05) is 0 Å². The van der Waals surface area contributed by atoms with Gasteiger partial charge in [-0.1, -0.05) is 20.8 Å². The molecule has 116 valence electrons. The number of aromatic nitrogens is 2. The van der Waals surface area contributed by atoms with Gasteiger partial charge in [0.2, 0.25) is 0 Å². The lowest BCUT2D eigenvalue weighted by atomic mass is 9.95. The zero-order chi connectivity index (χ0) is 15.8. The Balaban J connectivity index is 2.09. The van der Waals surface area contributed by atoms with Gasteiger partial charge in [0, 0.05) is 35.9 Å². The number of carbonyl (C=O) groups excluding carboxylic acids is 2. The van der Waals surface area contributed by atoms with E-state index >= 15 is 0 Å². The predicted molar refractivity (Wildman–Crippen MR) is 83.0 cm³/mol. The van der Waals surface area contributed by atoms with Crippen LogP contribution in [-0.2, 0) is 17.4 Å². The fourth-order valence-electron chi connectivity index (χ4n) is 2.22. The lowest BCUT2D eigenvalue weighted by Gasteiger charge is -2.21. The van der Waals surface area contributed by atoms with Crippen LogP contribution in [0.2, 0.25) is 0 Å². The van der Waals surface area contributed by atoms with Gasteiger partial charge in [0.1, 0.15) is 5.54 Å². The maximum atomic E-state index is 12.6. The highest BCUT2D eigenvalue weighted by Gasteiger charge is 2.49. The Labute approximate surface area is 129 Å². The van der Waals surface area contributed by atoms with Crippen molar-refractivity contribution in [2.75, 3.05) is 12.3 Å². The summed E-state index contributed by atoms with van der Waals surface area (Å²) in [7, 11) is 1.78. The molecule has 7 heteroatoms. The van der Waals surface area contributed by atoms with E-state index in [1.165, 1.54) is 4.90 Å². The molecule has 1 N–H and O–H groups in total. The zero-order valence-electron chi connectivity index (χ0n) is 13.1. The number of carbonyl (C=O) groups is 2. The van der Waals surface area contributed by atoms with Crippen LogP contribution < -0.4 is 5.32 Å². The molecule has 1 fully saturated rings. The van der Waals surface area contributed by atoms with E-state index in [4.69, 9.17) is 0 Å². The molecule has 0 bridgehead atoms. The van der Waals surface area contributed by atoms with Crippen molar-refractivity contribution >= 4 is 23.7 Å². The summed E-state index contributed by atoms with van der Waals surface area (Å²) < 4.78 is 1.74. The van der Waals surface area contributed by atoms with Crippen LogP contribution in [0.1, 0.15) is 33.3 Å². The molecular formula is C14H22N4O2S. The number of rotatable bonds is 4. The van der Waals surface area contributed by atoms with Crippen molar-refractivity contribution in [3.63, 3.8) is 0 Å². The number of hydrogen-bond acceptors (Lipinski definition) is 4. The monoisotopic (exact) mass is 310 g/mol. The Morgan fingerprint density at radius 2 is 2.05 bits per heavy atom. The van der Waals surface area contributed by atoms with E-state index in [0.717, 1.165) is 5.75 Å². The third kappa shape index (κ3) is 3.23. The van der Waals surface area contributed by atoms with E-state index in [9.17, 15) is 9.59 Å². The minimum Gasteiger partial charge on any atom is -0.319 e. The van der Waals surface area contributed by atoms with Gasteiger partial charge in [-0.2, -0.15) is 16.9 Å². The molecule has 21 heavy (non-hydrogen) atoms. The highest BCUT2D eigenvalue weighted by molar-refractivity contribution is 8.00. The predicted octanol–water partition coefficient (Wildman–Crippen LogP) is 1.72. The van der Waals surface area contributed by atoms with Gasteiger partial charge in [-0.05, 0) is 6.92 Å². The SMILES string of the molecule is Cn1cc(C2(C)NC(=O)N(CCSC(C)(C)C)C2=O)cn1. The first-order chi connectivity index (χ1) is 9.63. The highest BCUT2D eigenvalue weighted by atomic mass is 32.2. The molecule has 3 amide bonds. The van der Waals surface area contributed by atoms with Crippen molar-refractivity contribution in [2.45, 2.75) is 38.0 Å². The average Bonchev–Trinajstić information content (AvgIpc) is 2.86. The number of imide groups is 1. The first-order valence-corrected chi connectivity index (χ1v) is 7.89. The molecule has 1 atom stereocenters. The summed E-state index contributed by atoms with van der Waals surface area (Å²) in [6.45, 7) is 8.49. The maximum Gasteiger partial charge on any atom is 0.325 e. The van der Waals surface area contributed by atoms with E-state index < -0.39 is 5.54 Å². The normalized spacial score (nSPS) is 22.8. The fraction of sp³-hybridized carbons (Fsp3) is 0.643. The summed E-state index contributed by atoms with van der Waals surface area (Å²) in [5.41, 5.74) is -0.313. The van der Waals surface area contributed by atoms with Gasteiger partial charge in [-0.3, -0.25) is 14.4 Å². The molecule has 0 saturated carbocycles. The Bertz CT molecular complexity index is 564. The Morgan fingerprint density at radius 3 is 2.57 bits per heavy atom. The van der Waals surface area contributed by atoms with Crippen LogP contribution in [-0.4, -0.2) is 43.7 Å². The fourth-order valence-corrected chi connectivity index (χ4v) is 3.10. The molecule has 1 aromatic heterocycles. The largest absolute Gasteiger partial charge is 0.325 e. The van der Waals surface area contributed by atoms with E-state index in [2.05, 4.69) is 31.2 Å². The van der Waals surface area contributed by atoms with Gasteiger partial charge in [-0.15, -0.1) is 0 Å². The van der Waals surface area contributed by atoms with Crippen molar-refractivity contribution in [3.8, 4) is 0 Å². The molecule has 6 nitrogen and oxygen atoms in total. The van der Waals surface area contributed by atoms with Gasteiger partial charge < -0.3 is 5.32 Å². The van der Waals surface area contributed by atoms with Crippen LogP contribution in [0.4, 0.5) is 4.79 Å². The average molecular weight is 310 g/mol. The van der Waals surface area contributed by atoms with Crippen LogP contribution in [0.3, 0.4) is 0 Å². The van der Waals surface area contributed by atoms with Gasteiger partial charge >= 0.3 is 6.03 Å². The number of hydrogen-bond donors (Lipinski definition) is 1. The summed E-state index contributed by atoms with van der Waals surface area (Å²) in [5.74, 6) is 0.515. The molecule has 0 aliphatic carbocycles. The first-order valence-electron chi connectivity index (χ1n) is 6.91. The van der Waals surface area contributed by atoms with E-state index in [1.54, 1.807) is 42.8 Å². The topological polar surface area (TPSA) is 67.2 Å². The molecule has 2 rings (SSSR count). The highest BCUT2D eigenvalue weighted by Crippen LogP contribution is 2.29. The van der Waals surface area contributed by atoms with Gasteiger partial charge in [-0.25, -0.2) is 4.79 Å². The number of aryl methyl sites for hydroxylation is 1. The molecule has 0 aromatic carbocycles. The molecule has 1 saturated heterocycles. The second kappa shape index (κ2) is 5.36. The Morgan fingerprint density at radius 1 is 1.38 bits per heavy atom. The van der Waals surface area contributed by atoms with Crippen LogP contribution in [0.25, 0.3) is 0 Å². The Hall–Kier alpha value is -1.50. The summed E-state index contributed by atoms with van der Waals surface area (Å²) in [6.07, 6.45) is 3.37. The molecular weight excluding hydrogens is 288 g/mol. The first kappa shape index (κ1) is 15.9. The molecule has 0 radical (unpaired) electrons. The van der Waals surface area contributed by atoms with Crippen LogP contribution in [0, 0.1) is 0 Å². The number of urea groups is 1. The number of thioether (sulfide) groups is 1. The standard InChI is InChI=1S/C14H22N4O2S/c1-13(2,3)21-7-6-18-11(19)14(4,16-12(18)20)10-8-15-17(5)9-10/h8-9H,6-7H2,1-5H3,(H,16,20). The minimum absolute atomic E-state index is 0.117. The van der Waals surface area contributed by atoms with Crippen molar-refractivity contribution in [2.24, 2.45) is 7.05 Å². The molecule has 0 spiro atoms. The van der Waals surface area contributed by atoms with E-state index in [0.29, 0.717) is 12.1 Å². The van der Waals surface area contributed by atoms with Crippen LogP contribution in [0.5, 0.6) is 0 Å². The van der Waals surface area contributed by atoms with Crippen molar-refractivity contribution < 1.29 is 9.59 Å². The van der Waals surface area contributed by atoms with Gasteiger partial charge in [0.05, 0.1) is 6.20 Å². The lowest BCUT2D eigenvalue weighted by molar-refractivity contribution is -0.130. The lowest BCUT2D eigenvalue weighted by Crippen LogP contribution is -2.41. The summed E-state index contributed by atoms with van der Waals surface area (Å²) in [5, 5.41) is 6.86. The molecule has 1 aliphatic rings. The second-order valence-corrected chi connectivity index (χ2v) is 8.30.